The Morgan fingerprint density at radius 1 is 0.253 bits per heavy atom. The van der Waals surface area contributed by atoms with Gasteiger partial charge in [0.05, 0.1) is 0 Å². The van der Waals surface area contributed by atoms with E-state index in [4.69, 9.17) is 14.2 Å². The average Bonchev–Trinajstić information content (AvgIpc) is 3.45. The molecule has 79 heavy (non-hydrogen) atoms. The molecule has 1 unspecified atom stereocenters. The van der Waals surface area contributed by atoms with Crippen LogP contribution >= 0.6 is 0 Å². The molecule has 0 aliphatic heterocycles. The molecule has 0 saturated carbocycles. The molecule has 446 valence electrons. The fourth-order valence-electron chi connectivity index (χ4n) is 8.60. The number of carbonyl (C=O) groups is 3. The van der Waals surface area contributed by atoms with Gasteiger partial charge in [-0.05, 0) is 128 Å². The molecule has 0 heterocycles. The van der Waals surface area contributed by atoms with Crippen LogP contribution in [-0.2, 0) is 28.6 Å². The molecule has 0 amide bonds. The van der Waals surface area contributed by atoms with Gasteiger partial charge in [0, 0.05) is 19.3 Å². The first-order valence-electron chi connectivity index (χ1n) is 32.3. The minimum atomic E-state index is -0.825. The monoisotopic (exact) mass is 1090 g/mol. The molecule has 6 heteroatoms. The van der Waals surface area contributed by atoms with Crippen LogP contribution in [0, 0.1) is 0 Å². The minimum Gasteiger partial charge on any atom is -0.462 e. The summed E-state index contributed by atoms with van der Waals surface area (Å²) < 4.78 is 16.8. The smallest absolute Gasteiger partial charge is 0.306 e. The Labute approximate surface area is 487 Å². The first-order chi connectivity index (χ1) is 39.0. The molecule has 0 bridgehead atoms. The lowest BCUT2D eigenvalue weighted by Crippen LogP contribution is -2.30. The number of esters is 3. The van der Waals surface area contributed by atoms with Crippen LogP contribution < -0.4 is 0 Å². The van der Waals surface area contributed by atoms with Crippen molar-refractivity contribution in [2.75, 3.05) is 13.2 Å². The highest BCUT2D eigenvalue weighted by atomic mass is 16.6. The summed E-state index contributed by atoms with van der Waals surface area (Å²) in [6.07, 6.45) is 94.5. The molecule has 0 aromatic carbocycles. The predicted octanol–water partition coefficient (Wildman–Crippen LogP) is 22.3. The molecule has 1 atom stereocenters. The van der Waals surface area contributed by atoms with Gasteiger partial charge in [-0.2, -0.15) is 0 Å². The van der Waals surface area contributed by atoms with Crippen LogP contribution in [0.5, 0.6) is 0 Å². The first-order valence-corrected chi connectivity index (χ1v) is 32.3. The van der Waals surface area contributed by atoms with Crippen molar-refractivity contribution in [2.24, 2.45) is 0 Å². The van der Waals surface area contributed by atoms with Gasteiger partial charge >= 0.3 is 17.9 Å². The number of ether oxygens (including phenoxy) is 3. The molecule has 0 aliphatic carbocycles. The third-order valence-electron chi connectivity index (χ3n) is 13.3. The number of unbranched alkanes of at least 4 members (excludes halogenated alkanes) is 22. The van der Waals surface area contributed by atoms with E-state index in [1.165, 1.54) is 103 Å². The van der Waals surface area contributed by atoms with Crippen LogP contribution in [-0.4, -0.2) is 37.2 Å². The third-order valence-corrected chi connectivity index (χ3v) is 13.3. The second-order valence-electron chi connectivity index (χ2n) is 20.9. The fourth-order valence-corrected chi connectivity index (χ4v) is 8.60. The van der Waals surface area contributed by atoms with Gasteiger partial charge in [0.25, 0.3) is 0 Å². The van der Waals surface area contributed by atoms with E-state index >= 15 is 0 Å². The molecule has 0 saturated heterocycles. The highest BCUT2D eigenvalue weighted by Gasteiger charge is 2.19. The lowest BCUT2D eigenvalue weighted by atomic mass is 10.0. The Bertz CT molecular complexity index is 1730. The van der Waals surface area contributed by atoms with Crippen molar-refractivity contribution < 1.29 is 28.6 Å². The van der Waals surface area contributed by atoms with Gasteiger partial charge < -0.3 is 14.2 Å². The Morgan fingerprint density at radius 2 is 0.468 bits per heavy atom. The first kappa shape index (κ1) is 74.3. The lowest BCUT2D eigenvalue weighted by Gasteiger charge is -2.18. The Balaban J connectivity index is 4.28. The second-order valence-corrected chi connectivity index (χ2v) is 20.9. The maximum Gasteiger partial charge on any atom is 0.306 e. The maximum atomic E-state index is 12.9. The van der Waals surface area contributed by atoms with Crippen molar-refractivity contribution >= 4 is 17.9 Å². The summed E-state index contributed by atoms with van der Waals surface area (Å²) in [5, 5.41) is 0. The Kier molecular flexibility index (Phi) is 61.9. The van der Waals surface area contributed by atoms with Gasteiger partial charge in [0.1, 0.15) is 13.2 Å². The van der Waals surface area contributed by atoms with Crippen molar-refractivity contribution in [1.82, 2.24) is 0 Å². The van der Waals surface area contributed by atoms with Crippen LogP contribution in [0.2, 0.25) is 0 Å². The molecule has 0 spiro atoms. The van der Waals surface area contributed by atoms with Gasteiger partial charge in [-0.25, -0.2) is 0 Å². The van der Waals surface area contributed by atoms with Crippen molar-refractivity contribution in [1.29, 1.82) is 0 Å². The van der Waals surface area contributed by atoms with Crippen LogP contribution in [0.15, 0.2) is 146 Å². The summed E-state index contributed by atoms with van der Waals surface area (Å²) in [4.78, 5) is 38.2. The molecule has 0 fully saturated rings. The largest absolute Gasteiger partial charge is 0.462 e. The standard InChI is InChI=1S/C73H118O6/c1-4-7-10-13-16-19-22-25-27-29-30-31-32-33-34-35-36-37-38-39-40-41-42-44-45-48-51-54-57-60-63-66-72(75)78-69-70(68-77-71(74)65-62-59-56-53-50-47-24-21-18-15-12-9-6-3)79-73(76)67-64-61-58-55-52-49-46-43-28-26-23-20-17-14-11-8-5-2/h7-12,16-21,25-28,30-31,46-47,49-50,55,58,70H,4-6,13-15,22-24,29,32-45,48,51-54,56-57,59-69H2,1-3H3/b10-7-,11-8-,12-9-,19-16-,20-17-,21-18-,27-25-,28-26-,31-30-,49-46-,50-47-,58-55-. The van der Waals surface area contributed by atoms with Gasteiger partial charge in [-0.15, -0.1) is 0 Å². The van der Waals surface area contributed by atoms with Crippen molar-refractivity contribution in [2.45, 2.75) is 284 Å². The summed E-state index contributed by atoms with van der Waals surface area (Å²) in [6.45, 7) is 6.23. The van der Waals surface area contributed by atoms with E-state index in [1.54, 1.807) is 0 Å². The van der Waals surface area contributed by atoms with Crippen molar-refractivity contribution in [3.63, 3.8) is 0 Å². The summed E-state index contributed by atoms with van der Waals surface area (Å²) in [7, 11) is 0. The van der Waals surface area contributed by atoms with Gasteiger partial charge in [0.15, 0.2) is 6.10 Å². The highest BCUT2D eigenvalue weighted by molar-refractivity contribution is 5.71. The molecular formula is C73H118O6. The summed E-state index contributed by atoms with van der Waals surface area (Å²) in [5.41, 5.74) is 0. The van der Waals surface area contributed by atoms with E-state index in [0.29, 0.717) is 19.3 Å². The van der Waals surface area contributed by atoms with Crippen LogP contribution in [0.25, 0.3) is 0 Å². The van der Waals surface area contributed by atoms with E-state index < -0.39 is 6.10 Å². The summed E-state index contributed by atoms with van der Waals surface area (Å²) in [5.74, 6) is -1.00. The van der Waals surface area contributed by atoms with E-state index in [2.05, 4.69) is 167 Å². The van der Waals surface area contributed by atoms with E-state index in [-0.39, 0.29) is 37.5 Å². The zero-order valence-electron chi connectivity index (χ0n) is 51.1. The van der Waals surface area contributed by atoms with Gasteiger partial charge in [-0.3, -0.25) is 14.4 Å². The lowest BCUT2D eigenvalue weighted by molar-refractivity contribution is -0.167. The quantitative estimate of drug-likeness (QED) is 0.0261. The Morgan fingerprint density at radius 3 is 0.759 bits per heavy atom. The Hall–Kier alpha value is -4.71. The second kappa shape index (κ2) is 65.8. The molecule has 0 aromatic heterocycles. The third kappa shape index (κ3) is 64.0. The predicted molar refractivity (Wildman–Crippen MR) is 343 cm³/mol. The minimum absolute atomic E-state index is 0.113. The summed E-state index contributed by atoms with van der Waals surface area (Å²) >= 11 is 0. The normalized spacial score (nSPS) is 13.1. The number of carbonyl (C=O) groups excluding carboxylic acids is 3. The average molecular weight is 1090 g/mol. The topological polar surface area (TPSA) is 78.9 Å². The number of rotatable bonds is 57. The number of hydrogen-bond donors (Lipinski definition) is 0. The fraction of sp³-hybridized carbons (Fsp3) is 0.630. The SMILES string of the molecule is CC/C=C\C/C=C\C/C=C\C/C=C\C/C=C\CCCC(=O)OC(COC(=O)CCCCC/C=C\C/C=C\C/C=C\CC)COC(=O)CCCCCCCCCCCCCCCCCCCC/C=C\C/C=C\C/C=C\C/C=C\CC. The van der Waals surface area contributed by atoms with E-state index in [1.807, 2.05) is 0 Å². The molecule has 0 N–H and O–H groups in total. The molecule has 0 rings (SSSR count). The number of hydrogen-bond acceptors (Lipinski definition) is 6. The molecule has 6 nitrogen and oxygen atoms in total. The maximum absolute atomic E-state index is 12.9. The van der Waals surface area contributed by atoms with Gasteiger partial charge in [-0.1, -0.05) is 276 Å². The molecule has 0 aliphatic rings. The van der Waals surface area contributed by atoms with Crippen molar-refractivity contribution in [3.05, 3.63) is 146 Å². The zero-order valence-corrected chi connectivity index (χ0v) is 51.1. The molecule has 0 radical (unpaired) electrons. The van der Waals surface area contributed by atoms with E-state index in [0.717, 1.165) is 128 Å². The van der Waals surface area contributed by atoms with Crippen LogP contribution in [0.1, 0.15) is 278 Å². The molecular weight excluding hydrogens is 973 g/mol. The van der Waals surface area contributed by atoms with Gasteiger partial charge in [0.2, 0.25) is 0 Å². The van der Waals surface area contributed by atoms with Crippen molar-refractivity contribution in [3.8, 4) is 0 Å². The summed E-state index contributed by atoms with van der Waals surface area (Å²) in [6, 6.07) is 0. The van der Waals surface area contributed by atoms with Crippen LogP contribution in [0.4, 0.5) is 0 Å². The van der Waals surface area contributed by atoms with E-state index in [9.17, 15) is 14.4 Å². The zero-order chi connectivity index (χ0) is 57.1. The van der Waals surface area contributed by atoms with Crippen LogP contribution in [0.3, 0.4) is 0 Å². The number of allylic oxidation sites excluding steroid dienone is 24. The highest BCUT2D eigenvalue weighted by Crippen LogP contribution is 2.16. The molecule has 0 aromatic rings.